The molecule has 1 aromatic carbocycles. The molecule has 0 spiro atoms. The lowest BCUT2D eigenvalue weighted by molar-refractivity contribution is -0.125. The Bertz CT molecular complexity index is 673. The van der Waals surface area contributed by atoms with E-state index in [-0.39, 0.29) is 4.91 Å². The van der Waals surface area contributed by atoms with Crippen LogP contribution in [0.1, 0.15) is 5.56 Å². The van der Waals surface area contributed by atoms with Crippen LogP contribution < -0.4 is 9.47 Å². The number of amides is 2. The van der Waals surface area contributed by atoms with Crippen molar-refractivity contribution in [2.45, 2.75) is 0 Å². The Morgan fingerprint density at radius 3 is 2.55 bits per heavy atom. The van der Waals surface area contributed by atoms with Gasteiger partial charge in [0.1, 0.15) is 6.54 Å². The molecule has 8 heteroatoms. The molecule has 0 aliphatic carbocycles. The number of carbonyl (C=O) groups is 3. The van der Waals surface area contributed by atoms with Gasteiger partial charge >= 0.3 is 0 Å². The summed E-state index contributed by atoms with van der Waals surface area (Å²) >= 11 is 5.98. The molecule has 2 rings (SSSR count). The summed E-state index contributed by atoms with van der Waals surface area (Å²) in [4.78, 5) is 35.7. The number of hydrogen-bond donors (Lipinski definition) is 0. The summed E-state index contributed by atoms with van der Waals surface area (Å²) in [5.41, 5.74) is 0.667. The van der Waals surface area contributed by atoms with Gasteiger partial charge in [0, 0.05) is 0 Å². The first-order chi connectivity index (χ1) is 10.5. The van der Waals surface area contributed by atoms with E-state index in [0.717, 1.165) is 16.7 Å². The lowest BCUT2D eigenvalue weighted by Gasteiger charge is -2.08. The molecular formula is C14H12ClNO5S. The van der Waals surface area contributed by atoms with Gasteiger partial charge in [0.2, 0.25) is 5.24 Å². The highest BCUT2D eigenvalue weighted by atomic mass is 35.5. The SMILES string of the molecule is COc1ccc(/C=C2\SC(=O)N(CC(=O)Cl)C2=O)cc1OC. The van der Waals surface area contributed by atoms with Gasteiger partial charge in [-0.15, -0.1) is 0 Å². The Balaban J connectivity index is 2.28. The minimum atomic E-state index is -0.769. The average molecular weight is 342 g/mol. The molecule has 0 bridgehead atoms. The number of nitrogens with zero attached hydrogens (tertiary/aromatic N) is 1. The molecule has 0 atom stereocenters. The predicted molar refractivity (Wildman–Crippen MR) is 83.1 cm³/mol. The maximum atomic E-state index is 12.1. The molecule has 1 aromatic rings. The summed E-state index contributed by atoms with van der Waals surface area (Å²) in [6.07, 6.45) is 1.55. The van der Waals surface area contributed by atoms with E-state index < -0.39 is 22.9 Å². The van der Waals surface area contributed by atoms with E-state index in [2.05, 4.69) is 0 Å². The van der Waals surface area contributed by atoms with Crippen molar-refractivity contribution in [1.29, 1.82) is 0 Å². The second kappa shape index (κ2) is 6.85. The summed E-state index contributed by atoms with van der Waals surface area (Å²) in [6, 6.07) is 5.10. The molecule has 116 valence electrons. The lowest BCUT2D eigenvalue weighted by atomic mass is 10.2. The maximum Gasteiger partial charge on any atom is 0.294 e. The zero-order valence-electron chi connectivity index (χ0n) is 11.8. The van der Waals surface area contributed by atoms with Crippen LogP contribution in [0.25, 0.3) is 6.08 Å². The third-order valence-electron chi connectivity index (χ3n) is 2.86. The van der Waals surface area contributed by atoms with E-state index in [4.69, 9.17) is 21.1 Å². The van der Waals surface area contributed by atoms with Gasteiger partial charge in [-0.1, -0.05) is 6.07 Å². The van der Waals surface area contributed by atoms with Crippen molar-refractivity contribution in [3.8, 4) is 11.5 Å². The van der Waals surface area contributed by atoms with Crippen LogP contribution in [-0.4, -0.2) is 42.1 Å². The highest BCUT2D eigenvalue weighted by molar-refractivity contribution is 8.18. The number of rotatable bonds is 5. The highest BCUT2D eigenvalue weighted by Crippen LogP contribution is 2.34. The fraction of sp³-hybridized carbons (Fsp3) is 0.214. The molecule has 1 saturated heterocycles. The number of imide groups is 1. The van der Waals surface area contributed by atoms with E-state index >= 15 is 0 Å². The van der Waals surface area contributed by atoms with E-state index in [1.807, 2.05) is 0 Å². The summed E-state index contributed by atoms with van der Waals surface area (Å²) in [7, 11) is 3.02. The van der Waals surface area contributed by atoms with Gasteiger partial charge in [-0.05, 0) is 47.1 Å². The minimum absolute atomic E-state index is 0.218. The van der Waals surface area contributed by atoms with Gasteiger partial charge < -0.3 is 9.47 Å². The molecule has 0 radical (unpaired) electrons. The Hall–Kier alpha value is -1.99. The van der Waals surface area contributed by atoms with Gasteiger partial charge in [-0.2, -0.15) is 0 Å². The number of thioether (sulfide) groups is 1. The van der Waals surface area contributed by atoms with E-state index in [0.29, 0.717) is 17.1 Å². The number of ether oxygens (including phenoxy) is 2. The summed E-state index contributed by atoms with van der Waals surface area (Å²) < 4.78 is 10.3. The van der Waals surface area contributed by atoms with E-state index in [1.54, 1.807) is 24.3 Å². The Kier molecular flexibility index (Phi) is 5.10. The van der Waals surface area contributed by atoms with Crippen LogP contribution in [0.5, 0.6) is 11.5 Å². The zero-order chi connectivity index (χ0) is 16.3. The van der Waals surface area contributed by atoms with Gasteiger partial charge in [0.25, 0.3) is 11.1 Å². The second-order valence-corrected chi connectivity index (χ2v) is 5.65. The monoisotopic (exact) mass is 341 g/mol. The van der Waals surface area contributed by atoms with Gasteiger partial charge in [-0.3, -0.25) is 19.3 Å². The second-order valence-electron chi connectivity index (χ2n) is 4.24. The molecule has 22 heavy (non-hydrogen) atoms. The van der Waals surface area contributed by atoms with Crippen LogP contribution in [0.3, 0.4) is 0 Å². The van der Waals surface area contributed by atoms with E-state index in [1.165, 1.54) is 14.2 Å². The third-order valence-corrected chi connectivity index (χ3v) is 3.89. The summed E-state index contributed by atoms with van der Waals surface area (Å²) in [6.45, 7) is -0.435. The van der Waals surface area contributed by atoms with Crippen molar-refractivity contribution in [2.75, 3.05) is 20.8 Å². The van der Waals surface area contributed by atoms with Crippen LogP contribution in [0.2, 0.25) is 0 Å². The van der Waals surface area contributed by atoms with E-state index in [9.17, 15) is 14.4 Å². The summed E-state index contributed by atoms with van der Waals surface area (Å²) in [5.74, 6) is 0.519. The van der Waals surface area contributed by atoms with Crippen molar-refractivity contribution in [1.82, 2.24) is 4.90 Å². The number of hydrogen-bond acceptors (Lipinski definition) is 6. The Morgan fingerprint density at radius 2 is 1.95 bits per heavy atom. The zero-order valence-corrected chi connectivity index (χ0v) is 13.4. The molecule has 1 aliphatic heterocycles. The number of carbonyl (C=O) groups excluding carboxylic acids is 3. The van der Waals surface area contributed by atoms with Crippen molar-refractivity contribution in [2.24, 2.45) is 0 Å². The van der Waals surface area contributed by atoms with Gasteiger partial charge in [0.05, 0.1) is 19.1 Å². The average Bonchev–Trinajstić information content (AvgIpc) is 2.74. The number of benzene rings is 1. The molecule has 1 heterocycles. The largest absolute Gasteiger partial charge is 0.493 e. The topological polar surface area (TPSA) is 72.9 Å². The fourth-order valence-electron chi connectivity index (χ4n) is 1.85. The molecular weight excluding hydrogens is 330 g/mol. The predicted octanol–water partition coefficient (Wildman–Crippen LogP) is 2.51. The standard InChI is InChI=1S/C14H12ClNO5S/c1-20-9-4-3-8(5-10(9)21-2)6-11-13(18)16(7-12(15)17)14(19)22-11/h3-6H,7H2,1-2H3/b11-6-. The fourth-order valence-corrected chi connectivity index (χ4v) is 2.81. The smallest absolute Gasteiger partial charge is 0.294 e. The van der Waals surface area contributed by atoms with Crippen molar-refractivity contribution in [3.63, 3.8) is 0 Å². The third kappa shape index (κ3) is 3.42. The lowest BCUT2D eigenvalue weighted by Crippen LogP contribution is -2.31. The van der Waals surface area contributed by atoms with Crippen LogP contribution in [0, 0.1) is 0 Å². The molecule has 0 saturated carbocycles. The molecule has 2 amide bonds. The van der Waals surface area contributed by atoms with Crippen molar-refractivity contribution in [3.05, 3.63) is 28.7 Å². The molecule has 1 aliphatic rings. The number of halogens is 1. The number of methoxy groups -OCH3 is 2. The Morgan fingerprint density at radius 1 is 1.27 bits per heavy atom. The first-order valence-corrected chi connectivity index (χ1v) is 7.31. The summed E-state index contributed by atoms with van der Waals surface area (Å²) in [5, 5.41) is -1.29. The van der Waals surface area contributed by atoms with Gasteiger partial charge in [-0.25, -0.2) is 0 Å². The maximum absolute atomic E-state index is 12.1. The van der Waals surface area contributed by atoms with Crippen LogP contribution in [0.4, 0.5) is 4.79 Å². The van der Waals surface area contributed by atoms with Crippen LogP contribution in [0.15, 0.2) is 23.1 Å². The highest BCUT2D eigenvalue weighted by Gasteiger charge is 2.35. The normalized spacial score (nSPS) is 16.3. The Labute approximate surface area is 136 Å². The van der Waals surface area contributed by atoms with Crippen molar-refractivity contribution < 1.29 is 23.9 Å². The molecule has 0 aromatic heterocycles. The quantitative estimate of drug-likeness (QED) is 0.605. The first kappa shape index (κ1) is 16.4. The first-order valence-electron chi connectivity index (χ1n) is 6.12. The molecule has 6 nitrogen and oxygen atoms in total. The van der Waals surface area contributed by atoms with Crippen LogP contribution in [-0.2, 0) is 9.59 Å². The molecule has 0 unspecified atom stereocenters. The van der Waals surface area contributed by atoms with Crippen molar-refractivity contribution >= 4 is 45.8 Å². The van der Waals surface area contributed by atoms with Gasteiger partial charge in [0.15, 0.2) is 11.5 Å². The molecule has 0 N–H and O–H groups in total. The minimum Gasteiger partial charge on any atom is -0.493 e. The van der Waals surface area contributed by atoms with Crippen LogP contribution >= 0.6 is 23.4 Å². The molecule has 1 fully saturated rings.